The predicted molar refractivity (Wildman–Crippen MR) is 123 cm³/mol. The van der Waals surface area contributed by atoms with Crippen LogP contribution in [-0.2, 0) is 15.8 Å². The summed E-state index contributed by atoms with van der Waals surface area (Å²) in [7, 11) is -3.60. The number of rotatable bonds is 9. The lowest BCUT2D eigenvalue weighted by Gasteiger charge is -2.24. The summed E-state index contributed by atoms with van der Waals surface area (Å²) < 4.78 is 28.6. The van der Waals surface area contributed by atoms with Crippen LogP contribution in [0.25, 0.3) is 0 Å². The quantitative estimate of drug-likeness (QED) is 0.506. The first-order chi connectivity index (χ1) is 15.5. The van der Waals surface area contributed by atoms with Gasteiger partial charge in [-0.25, -0.2) is 23.5 Å². The van der Waals surface area contributed by atoms with Crippen molar-refractivity contribution >= 4 is 27.6 Å². The maximum absolute atomic E-state index is 11.4. The molecule has 0 amide bonds. The van der Waals surface area contributed by atoms with Crippen molar-refractivity contribution < 1.29 is 13.2 Å². The van der Waals surface area contributed by atoms with Crippen molar-refractivity contribution in [3.05, 3.63) is 66.5 Å². The van der Waals surface area contributed by atoms with Gasteiger partial charge in [-0.15, -0.1) is 0 Å². The van der Waals surface area contributed by atoms with Gasteiger partial charge >= 0.3 is 0 Å². The van der Waals surface area contributed by atoms with Crippen LogP contribution in [0.4, 0.5) is 17.6 Å². The van der Waals surface area contributed by atoms with Gasteiger partial charge in [0.05, 0.1) is 12.4 Å². The molecule has 2 heterocycles. The Morgan fingerprint density at radius 3 is 2.78 bits per heavy atom. The van der Waals surface area contributed by atoms with E-state index in [1.54, 1.807) is 18.2 Å². The molecule has 1 aromatic heterocycles. The lowest BCUT2D eigenvalue weighted by atomic mass is 10.1. The highest BCUT2D eigenvalue weighted by molar-refractivity contribution is 7.88. The molecule has 10 heteroatoms. The number of anilines is 3. The number of hydrogen-bond donors (Lipinski definition) is 2. The monoisotopic (exact) mass is 454 g/mol. The highest BCUT2D eigenvalue weighted by Gasteiger charge is 2.27. The molecule has 3 N–H and O–H groups in total. The zero-order chi connectivity index (χ0) is 22.4. The number of benzene rings is 2. The van der Waals surface area contributed by atoms with Gasteiger partial charge in [0.2, 0.25) is 21.9 Å². The van der Waals surface area contributed by atoms with Crippen molar-refractivity contribution in [1.82, 2.24) is 15.0 Å². The highest BCUT2D eigenvalue weighted by Crippen LogP contribution is 2.26. The average molecular weight is 455 g/mol. The Kier molecular flexibility index (Phi) is 6.81. The van der Waals surface area contributed by atoms with E-state index in [0.29, 0.717) is 35.8 Å². The number of nitrogens with zero attached hydrogens (tertiary/aromatic N) is 4. The Labute approximate surface area is 187 Å². The van der Waals surface area contributed by atoms with Crippen molar-refractivity contribution in [2.75, 3.05) is 23.4 Å². The van der Waals surface area contributed by atoms with Crippen molar-refractivity contribution in [1.29, 1.82) is 0 Å². The minimum Gasteiger partial charge on any atom is -0.494 e. The fourth-order valence-electron chi connectivity index (χ4n) is 3.82. The Hall–Kier alpha value is -3.24. The Morgan fingerprint density at radius 1 is 1.12 bits per heavy atom. The largest absolute Gasteiger partial charge is 0.494 e. The van der Waals surface area contributed by atoms with Gasteiger partial charge in [-0.2, -0.15) is 4.98 Å². The third kappa shape index (κ3) is 6.14. The summed E-state index contributed by atoms with van der Waals surface area (Å²) in [4.78, 5) is 15.4. The standard InChI is InChI=1S/C22H26N6O3S/c23-32(29,30)15-17-6-4-7-18(14-17)26-21-24-16-25-22(27-21)28-12-5-8-19(28)11-13-31-20-9-2-1-3-10-20/h1-4,6-7,9-10,14,16,19H,5,8,11-13,15H2,(H2,23,29,30)(H,24,25,26,27)/t19-/m1/s1. The van der Waals surface area contributed by atoms with Gasteiger partial charge in [0.15, 0.2) is 0 Å². The van der Waals surface area contributed by atoms with Crippen LogP contribution >= 0.6 is 0 Å². The second kappa shape index (κ2) is 9.92. The molecule has 1 saturated heterocycles. The number of nitrogens with two attached hydrogens (primary N) is 1. The molecule has 0 unspecified atom stereocenters. The minimum absolute atomic E-state index is 0.231. The first-order valence-electron chi connectivity index (χ1n) is 10.5. The Balaban J connectivity index is 1.40. The van der Waals surface area contributed by atoms with E-state index in [1.807, 2.05) is 36.4 Å². The molecular formula is C22H26N6O3S. The summed E-state index contributed by atoms with van der Waals surface area (Å²) >= 11 is 0. The third-order valence-electron chi connectivity index (χ3n) is 5.21. The van der Waals surface area contributed by atoms with Crippen LogP contribution < -0.4 is 20.1 Å². The molecule has 9 nitrogen and oxygen atoms in total. The summed E-state index contributed by atoms with van der Waals surface area (Å²) in [5.41, 5.74) is 1.27. The summed E-state index contributed by atoms with van der Waals surface area (Å²) in [6.45, 7) is 1.50. The molecule has 0 saturated carbocycles. The highest BCUT2D eigenvalue weighted by atomic mass is 32.2. The van der Waals surface area contributed by atoms with Crippen LogP contribution in [0, 0.1) is 0 Å². The van der Waals surface area contributed by atoms with E-state index in [9.17, 15) is 8.42 Å². The molecule has 168 valence electrons. The van der Waals surface area contributed by atoms with Gasteiger partial charge in [0.1, 0.15) is 12.1 Å². The second-order valence-electron chi connectivity index (χ2n) is 7.68. The summed E-state index contributed by atoms with van der Waals surface area (Å²) in [5, 5.41) is 8.27. The molecule has 4 rings (SSSR count). The van der Waals surface area contributed by atoms with Crippen LogP contribution in [-0.4, -0.2) is 42.6 Å². The molecule has 0 aliphatic carbocycles. The van der Waals surface area contributed by atoms with E-state index in [-0.39, 0.29) is 5.75 Å². The van der Waals surface area contributed by atoms with Crippen molar-refractivity contribution in [2.24, 2.45) is 5.14 Å². The van der Waals surface area contributed by atoms with Crippen molar-refractivity contribution in [3.63, 3.8) is 0 Å². The second-order valence-corrected chi connectivity index (χ2v) is 9.30. The van der Waals surface area contributed by atoms with Gasteiger partial charge in [-0.05, 0) is 42.7 Å². The minimum atomic E-state index is -3.60. The number of aromatic nitrogens is 3. The lowest BCUT2D eigenvalue weighted by molar-refractivity contribution is 0.297. The number of sulfonamides is 1. The first kappa shape index (κ1) is 22.0. The van der Waals surface area contributed by atoms with Gasteiger partial charge < -0.3 is 15.0 Å². The Bertz CT molecular complexity index is 1140. The molecule has 1 aliphatic rings. The van der Waals surface area contributed by atoms with E-state index >= 15 is 0 Å². The Morgan fingerprint density at radius 2 is 1.97 bits per heavy atom. The average Bonchev–Trinajstić information content (AvgIpc) is 3.22. The van der Waals surface area contributed by atoms with Crippen molar-refractivity contribution in [3.8, 4) is 5.75 Å². The van der Waals surface area contributed by atoms with E-state index in [4.69, 9.17) is 9.88 Å². The molecule has 1 atom stereocenters. The summed E-state index contributed by atoms with van der Waals surface area (Å²) in [5.74, 6) is 1.65. The number of para-hydroxylation sites is 1. The molecule has 2 aromatic carbocycles. The van der Waals surface area contributed by atoms with Crippen LogP contribution in [0.5, 0.6) is 5.75 Å². The van der Waals surface area contributed by atoms with E-state index < -0.39 is 10.0 Å². The topological polar surface area (TPSA) is 123 Å². The lowest BCUT2D eigenvalue weighted by Crippen LogP contribution is -2.32. The van der Waals surface area contributed by atoms with Gasteiger partial charge in [-0.3, -0.25) is 0 Å². The first-order valence-corrected chi connectivity index (χ1v) is 12.2. The van der Waals surface area contributed by atoms with E-state index in [1.165, 1.54) is 6.33 Å². The molecule has 32 heavy (non-hydrogen) atoms. The van der Waals surface area contributed by atoms with Crippen LogP contribution in [0.2, 0.25) is 0 Å². The molecule has 1 fully saturated rings. The molecule has 3 aromatic rings. The van der Waals surface area contributed by atoms with Crippen LogP contribution in [0.1, 0.15) is 24.8 Å². The zero-order valence-electron chi connectivity index (χ0n) is 17.6. The van der Waals surface area contributed by atoms with E-state index in [0.717, 1.165) is 31.6 Å². The normalized spacial score (nSPS) is 16.2. The fourth-order valence-corrected chi connectivity index (χ4v) is 4.46. The van der Waals surface area contributed by atoms with E-state index in [2.05, 4.69) is 25.2 Å². The summed E-state index contributed by atoms with van der Waals surface area (Å²) in [6, 6.07) is 17.1. The molecule has 0 radical (unpaired) electrons. The smallest absolute Gasteiger partial charge is 0.231 e. The maximum Gasteiger partial charge on any atom is 0.231 e. The molecule has 0 bridgehead atoms. The number of primary sulfonamides is 1. The SMILES string of the molecule is NS(=O)(=O)Cc1cccc(Nc2ncnc(N3CCC[C@@H]3CCOc3ccccc3)n2)c1. The van der Waals surface area contributed by atoms with Crippen LogP contribution in [0.3, 0.4) is 0 Å². The van der Waals surface area contributed by atoms with Crippen LogP contribution in [0.15, 0.2) is 60.9 Å². The predicted octanol–water partition coefficient (Wildman–Crippen LogP) is 2.84. The fraction of sp³-hybridized carbons (Fsp3) is 0.318. The van der Waals surface area contributed by atoms with Gasteiger partial charge in [0, 0.05) is 24.7 Å². The zero-order valence-corrected chi connectivity index (χ0v) is 18.4. The molecule has 1 aliphatic heterocycles. The van der Waals surface area contributed by atoms with Crippen molar-refractivity contribution in [2.45, 2.75) is 31.1 Å². The third-order valence-corrected chi connectivity index (χ3v) is 5.94. The molecule has 0 spiro atoms. The van der Waals surface area contributed by atoms with Gasteiger partial charge in [0.25, 0.3) is 0 Å². The summed E-state index contributed by atoms with van der Waals surface area (Å²) in [6.07, 6.45) is 4.48. The molecular weight excluding hydrogens is 428 g/mol. The number of ether oxygens (including phenoxy) is 1. The number of nitrogens with one attached hydrogen (secondary N) is 1. The maximum atomic E-state index is 11.4. The number of hydrogen-bond acceptors (Lipinski definition) is 8. The van der Waals surface area contributed by atoms with Gasteiger partial charge in [-0.1, -0.05) is 30.3 Å².